The van der Waals surface area contributed by atoms with Crippen molar-refractivity contribution < 1.29 is 14.3 Å². The summed E-state index contributed by atoms with van der Waals surface area (Å²) in [5.41, 5.74) is 0.934. The molecule has 0 aliphatic heterocycles. The molecule has 0 bridgehead atoms. The molecule has 1 atom stereocenters. The highest BCUT2D eigenvalue weighted by Crippen LogP contribution is 2.53. The van der Waals surface area contributed by atoms with Crippen molar-refractivity contribution in [3.8, 4) is 11.5 Å². The van der Waals surface area contributed by atoms with Crippen LogP contribution >= 0.6 is 23.2 Å². The minimum atomic E-state index is -0.890. The van der Waals surface area contributed by atoms with Crippen molar-refractivity contribution in [2.24, 2.45) is 5.92 Å². The van der Waals surface area contributed by atoms with E-state index in [1.807, 2.05) is 18.2 Å². The predicted molar refractivity (Wildman–Crippen MR) is 87.8 cm³/mol. The van der Waals surface area contributed by atoms with Gasteiger partial charge < -0.3 is 14.8 Å². The van der Waals surface area contributed by atoms with Crippen molar-refractivity contribution >= 4 is 29.1 Å². The molecule has 6 heteroatoms. The average Bonchev–Trinajstić information content (AvgIpc) is 3.14. The molecule has 0 heterocycles. The molecule has 4 nitrogen and oxygen atoms in total. The number of ether oxygens (including phenoxy) is 2. The second kappa shape index (κ2) is 7.42. The third-order valence-corrected chi connectivity index (χ3v) is 4.43. The Morgan fingerprint density at radius 2 is 2.14 bits per heavy atom. The highest BCUT2D eigenvalue weighted by atomic mass is 35.5. The second-order valence-corrected chi connectivity index (χ2v) is 6.97. The summed E-state index contributed by atoms with van der Waals surface area (Å²) in [6.45, 7) is 3.19. The number of unbranched alkanes of at least 4 members (excludes halogenated alkanes) is 1. The van der Waals surface area contributed by atoms with Gasteiger partial charge in [0.25, 0.3) is 0 Å². The van der Waals surface area contributed by atoms with Crippen LogP contribution < -0.4 is 14.8 Å². The van der Waals surface area contributed by atoms with Gasteiger partial charge in [-0.3, -0.25) is 4.79 Å². The summed E-state index contributed by atoms with van der Waals surface area (Å²) in [5, 5.41) is 2.84. The quantitative estimate of drug-likeness (QED) is 0.577. The highest BCUT2D eigenvalue weighted by Gasteiger charge is 2.56. The first-order chi connectivity index (χ1) is 10.5. The number of amides is 1. The third-order valence-electron chi connectivity index (χ3n) is 3.59. The van der Waals surface area contributed by atoms with Crippen LogP contribution in [0, 0.1) is 5.92 Å². The predicted octanol–water partition coefficient (Wildman–Crippen LogP) is 3.68. The topological polar surface area (TPSA) is 47.6 Å². The smallest absolute Gasteiger partial charge is 0.226 e. The lowest BCUT2D eigenvalue weighted by Gasteiger charge is -2.12. The van der Waals surface area contributed by atoms with E-state index in [1.54, 1.807) is 7.11 Å². The molecule has 1 aromatic rings. The number of rotatable bonds is 8. The molecule has 0 aromatic heterocycles. The van der Waals surface area contributed by atoms with Gasteiger partial charge >= 0.3 is 0 Å². The maximum absolute atomic E-state index is 11.9. The van der Waals surface area contributed by atoms with Crippen LogP contribution in [-0.2, 0) is 11.3 Å². The molecule has 1 aliphatic carbocycles. The summed E-state index contributed by atoms with van der Waals surface area (Å²) in [7, 11) is 1.60. The van der Waals surface area contributed by atoms with Gasteiger partial charge in [0.1, 0.15) is 4.33 Å². The molecule has 1 saturated carbocycles. The third kappa shape index (κ3) is 4.43. The number of halogens is 2. The van der Waals surface area contributed by atoms with E-state index < -0.39 is 4.33 Å². The van der Waals surface area contributed by atoms with Gasteiger partial charge in [-0.2, -0.15) is 0 Å². The number of methoxy groups -OCH3 is 1. The fourth-order valence-electron chi connectivity index (χ4n) is 2.08. The molecule has 1 N–H and O–H groups in total. The fourth-order valence-corrected chi connectivity index (χ4v) is 2.58. The van der Waals surface area contributed by atoms with E-state index in [0.29, 0.717) is 31.1 Å². The maximum atomic E-state index is 11.9. The van der Waals surface area contributed by atoms with Crippen LogP contribution in [0.25, 0.3) is 0 Å². The largest absolute Gasteiger partial charge is 0.493 e. The monoisotopic (exact) mass is 345 g/mol. The zero-order chi connectivity index (χ0) is 16.2. The van der Waals surface area contributed by atoms with E-state index in [2.05, 4.69) is 12.2 Å². The standard InChI is InChI=1S/C16H21Cl2NO3/c1-3-4-7-22-13-6-5-11(8-14(13)21-2)10-19-15(20)12-9-16(12,17)18/h5-6,8,12H,3-4,7,9-10H2,1-2H3,(H,19,20). The molecule has 0 spiro atoms. The molecule has 22 heavy (non-hydrogen) atoms. The van der Waals surface area contributed by atoms with Crippen LogP contribution in [0.3, 0.4) is 0 Å². The van der Waals surface area contributed by atoms with Crippen molar-refractivity contribution in [3.05, 3.63) is 23.8 Å². The molecule has 1 unspecified atom stereocenters. The number of alkyl halides is 2. The van der Waals surface area contributed by atoms with Crippen LogP contribution in [-0.4, -0.2) is 24.0 Å². The van der Waals surface area contributed by atoms with E-state index in [4.69, 9.17) is 32.7 Å². The lowest BCUT2D eigenvalue weighted by atomic mass is 10.2. The molecular weight excluding hydrogens is 325 g/mol. The molecule has 1 aromatic carbocycles. The highest BCUT2D eigenvalue weighted by molar-refractivity contribution is 6.52. The zero-order valence-corrected chi connectivity index (χ0v) is 14.3. The SMILES string of the molecule is CCCCOc1ccc(CNC(=O)C2CC2(Cl)Cl)cc1OC. The Morgan fingerprint density at radius 3 is 2.73 bits per heavy atom. The zero-order valence-electron chi connectivity index (χ0n) is 12.8. The first-order valence-corrected chi connectivity index (χ1v) is 8.18. The van der Waals surface area contributed by atoms with Crippen molar-refractivity contribution in [2.45, 2.75) is 37.1 Å². The van der Waals surface area contributed by atoms with Crippen LogP contribution in [0.1, 0.15) is 31.7 Å². The van der Waals surface area contributed by atoms with Crippen LogP contribution in [0.4, 0.5) is 0 Å². The number of benzene rings is 1. The van der Waals surface area contributed by atoms with Crippen molar-refractivity contribution in [3.63, 3.8) is 0 Å². The summed E-state index contributed by atoms with van der Waals surface area (Å²) >= 11 is 11.8. The summed E-state index contributed by atoms with van der Waals surface area (Å²) in [4.78, 5) is 11.9. The van der Waals surface area contributed by atoms with Crippen LogP contribution in [0.15, 0.2) is 18.2 Å². The Morgan fingerprint density at radius 1 is 1.41 bits per heavy atom. The van der Waals surface area contributed by atoms with Gasteiger partial charge in [-0.1, -0.05) is 19.4 Å². The van der Waals surface area contributed by atoms with E-state index in [9.17, 15) is 4.79 Å². The van der Waals surface area contributed by atoms with Gasteiger partial charge in [0.05, 0.1) is 19.6 Å². The van der Waals surface area contributed by atoms with E-state index in [0.717, 1.165) is 18.4 Å². The van der Waals surface area contributed by atoms with E-state index in [-0.39, 0.29) is 11.8 Å². The van der Waals surface area contributed by atoms with Gasteiger partial charge in [-0.25, -0.2) is 0 Å². The van der Waals surface area contributed by atoms with Gasteiger partial charge in [0, 0.05) is 6.54 Å². The summed E-state index contributed by atoms with van der Waals surface area (Å²) in [6, 6.07) is 5.63. The molecule has 0 saturated heterocycles. The van der Waals surface area contributed by atoms with E-state index >= 15 is 0 Å². The van der Waals surface area contributed by atoms with Gasteiger partial charge in [0.2, 0.25) is 5.91 Å². The number of carbonyl (C=O) groups excluding carboxylic acids is 1. The summed E-state index contributed by atoms with van der Waals surface area (Å²) in [5.74, 6) is 0.952. The van der Waals surface area contributed by atoms with Gasteiger partial charge in [-0.15, -0.1) is 23.2 Å². The molecule has 1 fully saturated rings. The Kier molecular flexibility index (Phi) is 5.81. The minimum Gasteiger partial charge on any atom is -0.493 e. The molecule has 122 valence electrons. The van der Waals surface area contributed by atoms with E-state index in [1.165, 1.54) is 0 Å². The normalized spacial score (nSPS) is 18.6. The first kappa shape index (κ1) is 17.2. The minimum absolute atomic E-state index is 0.118. The molecular formula is C16H21Cl2NO3. The van der Waals surface area contributed by atoms with Gasteiger partial charge in [-0.05, 0) is 30.5 Å². The average molecular weight is 346 g/mol. The van der Waals surface area contributed by atoms with Crippen molar-refractivity contribution in [1.29, 1.82) is 0 Å². The van der Waals surface area contributed by atoms with Gasteiger partial charge in [0.15, 0.2) is 11.5 Å². The lowest BCUT2D eigenvalue weighted by molar-refractivity contribution is -0.122. The lowest BCUT2D eigenvalue weighted by Crippen LogP contribution is -2.26. The van der Waals surface area contributed by atoms with Crippen LogP contribution in [0.5, 0.6) is 11.5 Å². The number of nitrogens with one attached hydrogen (secondary N) is 1. The Labute approximate surface area is 141 Å². The first-order valence-electron chi connectivity index (χ1n) is 7.43. The summed E-state index contributed by atoms with van der Waals surface area (Å²) in [6.07, 6.45) is 2.59. The Bertz CT molecular complexity index is 534. The maximum Gasteiger partial charge on any atom is 0.226 e. The number of carbonyl (C=O) groups is 1. The molecule has 1 amide bonds. The second-order valence-electron chi connectivity index (χ2n) is 5.42. The Hall–Kier alpha value is -1.13. The Balaban J connectivity index is 1.90. The van der Waals surface area contributed by atoms with Crippen molar-refractivity contribution in [1.82, 2.24) is 5.32 Å². The molecule has 0 radical (unpaired) electrons. The van der Waals surface area contributed by atoms with Crippen molar-refractivity contribution in [2.75, 3.05) is 13.7 Å². The number of hydrogen-bond donors (Lipinski definition) is 1. The molecule has 2 rings (SSSR count). The number of hydrogen-bond acceptors (Lipinski definition) is 3. The summed E-state index contributed by atoms with van der Waals surface area (Å²) < 4.78 is 10.1. The fraction of sp³-hybridized carbons (Fsp3) is 0.562. The van der Waals surface area contributed by atoms with Crippen LogP contribution in [0.2, 0.25) is 0 Å². The molecule has 1 aliphatic rings.